The van der Waals surface area contributed by atoms with Crippen LogP contribution in [0.3, 0.4) is 0 Å². The number of hydrogen-bond donors (Lipinski definition) is 2. The number of aliphatic hydroxyl groups is 1. The highest BCUT2D eigenvalue weighted by Crippen LogP contribution is 2.16. The molecule has 0 spiro atoms. The number of nitrogens with zero attached hydrogens (tertiary/aromatic N) is 2. The summed E-state index contributed by atoms with van der Waals surface area (Å²) in [4.78, 5) is 20.3. The SMILES string of the molecule is O=C(O)c1cc([N+](=O)[O-])cn1CCO. The minimum Gasteiger partial charge on any atom is -0.477 e. The van der Waals surface area contributed by atoms with Crippen LogP contribution in [0.15, 0.2) is 12.3 Å². The average Bonchev–Trinajstić information content (AvgIpc) is 2.49. The van der Waals surface area contributed by atoms with Gasteiger partial charge in [0.1, 0.15) is 5.69 Å². The number of carboxylic acid groups (broad SMARTS) is 1. The summed E-state index contributed by atoms with van der Waals surface area (Å²) >= 11 is 0. The van der Waals surface area contributed by atoms with Crippen LogP contribution in [0.4, 0.5) is 5.69 Å². The molecule has 0 aliphatic rings. The molecule has 0 unspecified atom stereocenters. The molecule has 0 radical (unpaired) electrons. The molecule has 0 amide bonds. The van der Waals surface area contributed by atoms with Crippen molar-refractivity contribution in [1.29, 1.82) is 0 Å². The molecule has 7 nitrogen and oxygen atoms in total. The highest BCUT2D eigenvalue weighted by Gasteiger charge is 2.17. The molecule has 76 valence electrons. The Balaban J connectivity index is 3.12. The third-order valence-corrected chi connectivity index (χ3v) is 1.65. The van der Waals surface area contributed by atoms with Crippen LogP contribution >= 0.6 is 0 Å². The molecule has 2 N–H and O–H groups in total. The summed E-state index contributed by atoms with van der Waals surface area (Å²) in [5.41, 5.74) is -0.499. The van der Waals surface area contributed by atoms with Gasteiger partial charge in [-0.3, -0.25) is 10.1 Å². The van der Waals surface area contributed by atoms with Gasteiger partial charge in [0.15, 0.2) is 0 Å². The Morgan fingerprint density at radius 1 is 1.64 bits per heavy atom. The number of hydrogen-bond acceptors (Lipinski definition) is 4. The van der Waals surface area contributed by atoms with Gasteiger partial charge >= 0.3 is 5.97 Å². The van der Waals surface area contributed by atoms with E-state index in [-0.39, 0.29) is 24.5 Å². The summed E-state index contributed by atoms with van der Waals surface area (Å²) < 4.78 is 1.13. The van der Waals surface area contributed by atoms with Crippen LogP contribution in [0, 0.1) is 10.1 Å². The van der Waals surface area contributed by atoms with E-state index in [1.165, 1.54) is 0 Å². The molecule has 0 bridgehead atoms. The van der Waals surface area contributed by atoms with Gasteiger partial charge in [-0.2, -0.15) is 0 Å². The fraction of sp³-hybridized carbons (Fsp3) is 0.286. The zero-order valence-electron chi connectivity index (χ0n) is 7.08. The van der Waals surface area contributed by atoms with E-state index < -0.39 is 10.9 Å². The molecule has 1 aromatic heterocycles. The lowest BCUT2D eigenvalue weighted by molar-refractivity contribution is -0.384. The van der Waals surface area contributed by atoms with Crippen LogP contribution in [-0.2, 0) is 6.54 Å². The monoisotopic (exact) mass is 200 g/mol. The minimum atomic E-state index is -1.26. The first kappa shape index (κ1) is 10.2. The van der Waals surface area contributed by atoms with Gasteiger partial charge in [0.25, 0.3) is 5.69 Å². The topological polar surface area (TPSA) is 106 Å². The summed E-state index contributed by atoms with van der Waals surface area (Å²) in [6.45, 7) is -0.248. The summed E-state index contributed by atoms with van der Waals surface area (Å²) in [5.74, 6) is -1.26. The lowest BCUT2D eigenvalue weighted by Gasteiger charge is -2.00. The number of carbonyl (C=O) groups is 1. The Morgan fingerprint density at radius 2 is 2.29 bits per heavy atom. The van der Waals surface area contributed by atoms with Crippen LogP contribution in [0.5, 0.6) is 0 Å². The van der Waals surface area contributed by atoms with Crippen molar-refractivity contribution >= 4 is 11.7 Å². The van der Waals surface area contributed by atoms with Gasteiger partial charge in [0, 0.05) is 12.6 Å². The Morgan fingerprint density at radius 3 is 2.71 bits per heavy atom. The minimum absolute atomic E-state index is 0.0233. The normalized spacial score (nSPS) is 10.1. The van der Waals surface area contributed by atoms with E-state index >= 15 is 0 Å². The molecule has 0 aliphatic carbocycles. The van der Waals surface area contributed by atoms with Crippen molar-refractivity contribution in [2.24, 2.45) is 0 Å². The van der Waals surface area contributed by atoms with Crippen molar-refractivity contribution in [1.82, 2.24) is 4.57 Å². The first-order valence-corrected chi connectivity index (χ1v) is 3.75. The van der Waals surface area contributed by atoms with Crippen LogP contribution in [0.25, 0.3) is 0 Å². The Bertz CT molecular complexity index is 370. The molecule has 1 rings (SSSR count). The van der Waals surface area contributed by atoms with Gasteiger partial charge in [-0.1, -0.05) is 0 Å². The van der Waals surface area contributed by atoms with E-state index in [1.54, 1.807) is 0 Å². The number of aromatic nitrogens is 1. The molecule has 0 saturated carbocycles. The predicted molar refractivity (Wildman–Crippen MR) is 45.1 cm³/mol. The zero-order valence-corrected chi connectivity index (χ0v) is 7.08. The summed E-state index contributed by atoms with van der Waals surface area (Å²) in [7, 11) is 0. The smallest absolute Gasteiger partial charge is 0.352 e. The average molecular weight is 200 g/mol. The lowest BCUT2D eigenvalue weighted by atomic mass is 10.4. The number of aromatic carboxylic acids is 1. The quantitative estimate of drug-likeness (QED) is 0.529. The Labute approximate surface area is 78.3 Å². The van der Waals surface area contributed by atoms with E-state index in [4.69, 9.17) is 10.2 Å². The molecule has 0 saturated heterocycles. The van der Waals surface area contributed by atoms with Crippen LogP contribution < -0.4 is 0 Å². The second kappa shape index (κ2) is 3.88. The molecule has 0 aliphatic heterocycles. The first-order valence-electron chi connectivity index (χ1n) is 3.75. The molecular formula is C7H8N2O5. The first-order chi connectivity index (χ1) is 6.56. The van der Waals surface area contributed by atoms with E-state index in [1.807, 2.05) is 0 Å². The number of aliphatic hydroxyl groups excluding tert-OH is 1. The van der Waals surface area contributed by atoms with Crippen LogP contribution in [0.1, 0.15) is 10.5 Å². The molecule has 1 heterocycles. The third kappa shape index (κ3) is 1.88. The fourth-order valence-corrected chi connectivity index (χ4v) is 1.07. The highest BCUT2D eigenvalue weighted by atomic mass is 16.6. The highest BCUT2D eigenvalue weighted by molar-refractivity contribution is 5.86. The molecule has 7 heteroatoms. The standard InChI is InChI=1S/C7H8N2O5/c10-2-1-8-4-5(9(13)14)3-6(8)7(11)12/h3-4,10H,1-2H2,(H,11,12). The van der Waals surface area contributed by atoms with E-state index in [9.17, 15) is 14.9 Å². The molecule has 0 fully saturated rings. The summed E-state index contributed by atoms with van der Waals surface area (Å²) in [6, 6.07) is 0.956. The second-order valence-corrected chi connectivity index (χ2v) is 2.56. The predicted octanol–water partition coefficient (Wildman–Crippen LogP) is 0.0868. The molecule has 0 atom stereocenters. The van der Waals surface area contributed by atoms with E-state index in [2.05, 4.69) is 0 Å². The molecule has 0 aromatic carbocycles. The van der Waals surface area contributed by atoms with Gasteiger partial charge in [-0.15, -0.1) is 0 Å². The number of carboxylic acids is 1. The van der Waals surface area contributed by atoms with Crippen molar-refractivity contribution in [2.45, 2.75) is 6.54 Å². The Hall–Kier alpha value is -1.89. The van der Waals surface area contributed by atoms with Crippen molar-refractivity contribution in [3.8, 4) is 0 Å². The maximum Gasteiger partial charge on any atom is 0.352 e. The van der Waals surface area contributed by atoms with E-state index in [0.717, 1.165) is 16.8 Å². The van der Waals surface area contributed by atoms with Gasteiger partial charge < -0.3 is 14.8 Å². The molecular weight excluding hydrogens is 192 g/mol. The Kier molecular flexibility index (Phi) is 2.82. The third-order valence-electron chi connectivity index (χ3n) is 1.65. The summed E-state index contributed by atoms with van der Waals surface area (Å²) in [5, 5.41) is 27.6. The number of nitro groups is 1. The molecule has 1 aromatic rings. The number of rotatable bonds is 4. The molecule has 14 heavy (non-hydrogen) atoms. The summed E-state index contributed by atoms with van der Waals surface area (Å²) in [6.07, 6.45) is 1.08. The fourth-order valence-electron chi connectivity index (χ4n) is 1.07. The maximum absolute atomic E-state index is 10.6. The van der Waals surface area contributed by atoms with Crippen molar-refractivity contribution < 1.29 is 19.9 Å². The zero-order chi connectivity index (χ0) is 10.7. The lowest BCUT2D eigenvalue weighted by Crippen LogP contribution is -2.09. The largest absolute Gasteiger partial charge is 0.477 e. The van der Waals surface area contributed by atoms with Gasteiger partial charge in [0.2, 0.25) is 0 Å². The van der Waals surface area contributed by atoms with Crippen molar-refractivity contribution in [3.63, 3.8) is 0 Å². The van der Waals surface area contributed by atoms with Crippen molar-refractivity contribution in [2.75, 3.05) is 6.61 Å². The van der Waals surface area contributed by atoms with Crippen LogP contribution in [-0.4, -0.2) is 32.3 Å². The van der Waals surface area contributed by atoms with Crippen LogP contribution in [0.2, 0.25) is 0 Å². The second-order valence-electron chi connectivity index (χ2n) is 2.56. The van der Waals surface area contributed by atoms with Crippen molar-refractivity contribution in [3.05, 3.63) is 28.1 Å². The van der Waals surface area contributed by atoms with E-state index in [0.29, 0.717) is 0 Å². The van der Waals surface area contributed by atoms with Gasteiger partial charge in [-0.05, 0) is 0 Å². The van der Waals surface area contributed by atoms with Gasteiger partial charge in [0.05, 0.1) is 17.7 Å². The maximum atomic E-state index is 10.6. The van der Waals surface area contributed by atoms with Gasteiger partial charge in [-0.25, -0.2) is 4.79 Å².